The lowest BCUT2D eigenvalue weighted by molar-refractivity contribution is -0.174. The summed E-state index contributed by atoms with van der Waals surface area (Å²) in [4.78, 5) is 48.8. The number of nitrogens with one attached hydrogen (secondary N) is 1. The zero-order valence-corrected chi connectivity index (χ0v) is 13.3. The van der Waals surface area contributed by atoms with Gasteiger partial charge in [0.05, 0.1) is 19.1 Å². The van der Waals surface area contributed by atoms with Gasteiger partial charge in [-0.15, -0.1) is 0 Å². The molecular weight excluding hydrogens is 290 g/mol. The predicted octanol–water partition coefficient (Wildman–Crippen LogP) is 0.747. The maximum absolute atomic E-state index is 12.5. The molecule has 0 aromatic heterocycles. The van der Waals surface area contributed by atoms with E-state index in [2.05, 4.69) is 5.32 Å². The molecule has 1 N–H and O–H groups in total. The van der Waals surface area contributed by atoms with Gasteiger partial charge in [0, 0.05) is 13.3 Å². The number of hydrogen-bond donors (Lipinski definition) is 1. The number of carbonyl (C=O) groups excluding carboxylic acids is 4. The minimum atomic E-state index is -2.09. The minimum absolute atomic E-state index is 0.0283. The van der Waals surface area contributed by atoms with Crippen LogP contribution in [-0.4, -0.2) is 42.4 Å². The molecule has 1 fully saturated rings. The molecule has 0 aromatic carbocycles. The number of ketones is 1. The van der Waals surface area contributed by atoms with Crippen molar-refractivity contribution in [2.45, 2.75) is 52.0 Å². The third-order valence-corrected chi connectivity index (χ3v) is 3.65. The Kier molecular flexibility index (Phi) is 6.52. The van der Waals surface area contributed by atoms with Gasteiger partial charge in [-0.25, -0.2) is 9.59 Å². The lowest BCUT2D eigenvalue weighted by atomic mass is 9.73. The van der Waals surface area contributed by atoms with E-state index in [0.29, 0.717) is 19.3 Å². The summed E-state index contributed by atoms with van der Waals surface area (Å²) in [6.45, 7) is 4.41. The summed E-state index contributed by atoms with van der Waals surface area (Å²) in [6, 6.07) is 0. The van der Waals surface area contributed by atoms with Crippen LogP contribution in [0, 0.1) is 5.92 Å². The number of rotatable bonds is 6. The zero-order chi connectivity index (χ0) is 16.8. The van der Waals surface area contributed by atoms with E-state index in [0.717, 1.165) is 0 Å². The Morgan fingerprint density at radius 3 is 2.09 bits per heavy atom. The summed E-state index contributed by atoms with van der Waals surface area (Å²) in [5.74, 6) is -3.67. The molecule has 0 saturated heterocycles. The third-order valence-electron chi connectivity index (χ3n) is 3.65. The van der Waals surface area contributed by atoms with Crippen molar-refractivity contribution < 1.29 is 28.7 Å². The van der Waals surface area contributed by atoms with E-state index < -0.39 is 29.3 Å². The van der Waals surface area contributed by atoms with Gasteiger partial charge in [0.25, 0.3) is 0 Å². The summed E-state index contributed by atoms with van der Waals surface area (Å²) in [6.07, 6.45) is 2.00. The molecule has 1 amide bonds. The van der Waals surface area contributed by atoms with Crippen LogP contribution < -0.4 is 5.32 Å². The van der Waals surface area contributed by atoms with Gasteiger partial charge in [-0.05, 0) is 26.7 Å². The van der Waals surface area contributed by atoms with Crippen LogP contribution in [-0.2, 0) is 28.7 Å². The first-order valence-corrected chi connectivity index (χ1v) is 7.56. The van der Waals surface area contributed by atoms with E-state index in [1.54, 1.807) is 13.8 Å². The van der Waals surface area contributed by atoms with Gasteiger partial charge in [-0.1, -0.05) is 6.42 Å². The van der Waals surface area contributed by atoms with Crippen LogP contribution in [0.3, 0.4) is 0 Å². The van der Waals surface area contributed by atoms with Crippen molar-refractivity contribution in [3.63, 3.8) is 0 Å². The van der Waals surface area contributed by atoms with E-state index >= 15 is 0 Å². The van der Waals surface area contributed by atoms with Crippen LogP contribution in [0.15, 0.2) is 0 Å². The second-order valence-corrected chi connectivity index (χ2v) is 5.19. The molecule has 0 unspecified atom stereocenters. The molecule has 0 bridgehead atoms. The molecule has 1 saturated carbocycles. The molecule has 0 aliphatic heterocycles. The van der Waals surface area contributed by atoms with Crippen molar-refractivity contribution in [1.82, 2.24) is 5.32 Å². The maximum Gasteiger partial charge on any atom is 0.344 e. The van der Waals surface area contributed by atoms with Crippen LogP contribution in [0.1, 0.15) is 46.5 Å². The summed E-state index contributed by atoms with van der Waals surface area (Å²) in [7, 11) is 0. The summed E-state index contributed by atoms with van der Waals surface area (Å²) in [5.41, 5.74) is -2.09. The largest absolute Gasteiger partial charge is 0.464 e. The first kappa shape index (κ1) is 18.1. The molecule has 7 nitrogen and oxygen atoms in total. The second-order valence-electron chi connectivity index (χ2n) is 5.19. The van der Waals surface area contributed by atoms with Gasteiger partial charge in [0.2, 0.25) is 11.4 Å². The summed E-state index contributed by atoms with van der Waals surface area (Å²) < 4.78 is 9.94. The van der Waals surface area contributed by atoms with Crippen molar-refractivity contribution in [2.75, 3.05) is 13.2 Å². The topological polar surface area (TPSA) is 98.8 Å². The first-order chi connectivity index (χ1) is 10.4. The number of amides is 1. The summed E-state index contributed by atoms with van der Waals surface area (Å²) in [5, 5.41) is 2.35. The highest BCUT2D eigenvalue weighted by Crippen LogP contribution is 2.32. The number of Topliss-reactive ketones (excluding diaryl/α,β-unsaturated/α-hetero) is 1. The highest BCUT2D eigenvalue weighted by atomic mass is 16.6. The fourth-order valence-corrected chi connectivity index (χ4v) is 2.77. The third kappa shape index (κ3) is 3.64. The molecule has 0 heterocycles. The Morgan fingerprint density at radius 1 is 1.14 bits per heavy atom. The SMILES string of the molecule is CCOC(=O)C(NC(C)=O)(C(=O)OCC)[C@@H]1CCCCC1=O. The average molecular weight is 313 g/mol. The normalized spacial score (nSPS) is 18.5. The highest BCUT2D eigenvalue weighted by molar-refractivity contribution is 6.12. The molecule has 7 heteroatoms. The second kappa shape index (κ2) is 7.91. The van der Waals surface area contributed by atoms with Gasteiger partial charge in [0.15, 0.2) is 0 Å². The standard InChI is InChI=1S/C15H23NO6/c1-4-21-13(19)15(16-10(3)17,14(20)22-5-2)11-8-6-7-9-12(11)18/h11H,4-9H2,1-3H3,(H,16,17)/t11-/m1/s1. The monoisotopic (exact) mass is 313 g/mol. The van der Waals surface area contributed by atoms with Crippen LogP contribution in [0.4, 0.5) is 0 Å². The zero-order valence-electron chi connectivity index (χ0n) is 13.3. The Morgan fingerprint density at radius 2 is 1.68 bits per heavy atom. The van der Waals surface area contributed by atoms with Crippen LogP contribution in [0.2, 0.25) is 0 Å². The van der Waals surface area contributed by atoms with Crippen molar-refractivity contribution >= 4 is 23.6 Å². The lowest BCUT2D eigenvalue weighted by Gasteiger charge is -2.37. The predicted molar refractivity (Wildman–Crippen MR) is 76.8 cm³/mol. The fourth-order valence-electron chi connectivity index (χ4n) is 2.77. The van der Waals surface area contributed by atoms with Crippen molar-refractivity contribution in [3.8, 4) is 0 Å². The molecule has 0 radical (unpaired) electrons. The number of esters is 2. The van der Waals surface area contributed by atoms with Gasteiger partial charge in [-0.3, -0.25) is 9.59 Å². The van der Waals surface area contributed by atoms with Crippen molar-refractivity contribution in [1.29, 1.82) is 0 Å². The molecule has 1 rings (SSSR count). The van der Waals surface area contributed by atoms with Gasteiger partial charge >= 0.3 is 11.9 Å². The number of hydrogen-bond acceptors (Lipinski definition) is 6. The van der Waals surface area contributed by atoms with Crippen LogP contribution in [0.5, 0.6) is 0 Å². The Bertz CT molecular complexity index is 441. The molecule has 1 aliphatic rings. The Hall–Kier alpha value is -1.92. The van der Waals surface area contributed by atoms with Crippen molar-refractivity contribution in [2.24, 2.45) is 5.92 Å². The number of carbonyl (C=O) groups is 4. The van der Waals surface area contributed by atoms with E-state index in [-0.39, 0.29) is 25.4 Å². The summed E-state index contributed by atoms with van der Waals surface area (Å²) >= 11 is 0. The first-order valence-electron chi connectivity index (χ1n) is 7.56. The molecule has 0 spiro atoms. The van der Waals surface area contributed by atoms with Gasteiger partial charge in [-0.2, -0.15) is 0 Å². The quantitative estimate of drug-likeness (QED) is 0.574. The van der Waals surface area contributed by atoms with E-state index in [1.165, 1.54) is 6.92 Å². The molecule has 22 heavy (non-hydrogen) atoms. The molecular formula is C15H23NO6. The fraction of sp³-hybridized carbons (Fsp3) is 0.733. The van der Waals surface area contributed by atoms with E-state index in [4.69, 9.17) is 9.47 Å². The molecule has 1 aliphatic carbocycles. The van der Waals surface area contributed by atoms with Gasteiger partial charge in [0.1, 0.15) is 5.78 Å². The smallest absolute Gasteiger partial charge is 0.344 e. The van der Waals surface area contributed by atoms with Gasteiger partial charge < -0.3 is 14.8 Å². The van der Waals surface area contributed by atoms with E-state index in [1.807, 2.05) is 0 Å². The van der Waals surface area contributed by atoms with Crippen LogP contribution >= 0.6 is 0 Å². The minimum Gasteiger partial charge on any atom is -0.464 e. The molecule has 0 aromatic rings. The number of ether oxygens (including phenoxy) is 2. The van der Waals surface area contributed by atoms with Crippen molar-refractivity contribution in [3.05, 3.63) is 0 Å². The average Bonchev–Trinajstić information content (AvgIpc) is 2.45. The Balaban J connectivity index is 3.34. The lowest BCUT2D eigenvalue weighted by Crippen LogP contribution is -2.67. The Labute approximate surface area is 129 Å². The maximum atomic E-state index is 12.5. The molecule has 124 valence electrons. The highest BCUT2D eigenvalue weighted by Gasteiger charge is 2.58. The molecule has 1 atom stereocenters. The van der Waals surface area contributed by atoms with E-state index in [9.17, 15) is 19.2 Å². The van der Waals surface area contributed by atoms with Crippen LogP contribution in [0.25, 0.3) is 0 Å².